The minimum Gasteiger partial charge on any atom is -0.282 e. The Morgan fingerprint density at radius 1 is 1.29 bits per heavy atom. The Kier molecular flexibility index (Phi) is 3.55. The lowest BCUT2D eigenvalue weighted by atomic mass is 9.74. The quantitative estimate of drug-likeness (QED) is 0.802. The maximum atomic E-state index is 13.0. The van der Waals surface area contributed by atoms with Gasteiger partial charge >= 0.3 is 6.18 Å². The topological polar surface area (TPSA) is 43.1 Å². The first-order valence-corrected chi connectivity index (χ1v) is 7.17. The molecule has 0 saturated heterocycles. The number of nitrogens with zero attached hydrogens (tertiary/aromatic N) is 4. The number of rotatable bonds is 1. The van der Waals surface area contributed by atoms with Gasteiger partial charge in [0, 0.05) is 18.3 Å². The Bertz CT molecular complexity index is 654. The SMILES string of the molecule is CC1CCC(C(F)(F)F)CC1c1nnc2c(Cl)nccn12. The van der Waals surface area contributed by atoms with Gasteiger partial charge in [0.15, 0.2) is 10.8 Å². The van der Waals surface area contributed by atoms with Crippen molar-refractivity contribution in [2.75, 3.05) is 0 Å². The summed E-state index contributed by atoms with van der Waals surface area (Å²) in [6, 6.07) is 0. The number of alkyl halides is 3. The average Bonchev–Trinajstić information content (AvgIpc) is 2.83. The van der Waals surface area contributed by atoms with Gasteiger partial charge in [-0.15, -0.1) is 10.2 Å². The summed E-state index contributed by atoms with van der Waals surface area (Å²) in [5.74, 6) is -0.888. The molecule has 3 rings (SSSR count). The van der Waals surface area contributed by atoms with Crippen molar-refractivity contribution >= 4 is 17.2 Å². The molecule has 0 radical (unpaired) electrons. The van der Waals surface area contributed by atoms with Gasteiger partial charge in [-0.05, 0) is 25.2 Å². The van der Waals surface area contributed by atoms with Gasteiger partial charge < -0.3 is 0 Å². The van der Waals surface area contributed by atoms with Crippen molar-refractivity contribution in [2.45, 2.75) is 38.3 Å². The molecule has 0 N–H and O–H groups in total. The summed E-state index contributed by atoms with van der Waals surface area (Å²) in [7, 11) is 0. The molecule has 1 saturated carbocycles. The molecule has 0 bridgehead atoms. The van der Waals surface area contributed by atoms with Crippen LogP contribution in [0.15, 0.2) is 12.4 Å². The summed E-state index contributed by atoms with van der Waals surface area (Å²) in [6.07, 6.45) is -0.260. The van der Waals surface area contributed by atoms with Crippen LogP contribution in [0.4, 0.5) is 13.2 Å². The third-order valence-electron chi connectivity index (χ3n) is 4.30. The summed E-state index contributed by atoms with van der Waals surface area (Å²) < 4.78 is 40.6. The highest BCUT2D eigenvalue weighted by Crippen LogP contribution is 2.45. The Balaban J connectivity index is 1.98. The van der Waals surface area contributed by atoms with E-state index in [0.29, 0.717) is 17.9 Å². The van der Waals surface area contributed by atoms with Gasteiger partial charge in [0.05, 0.1) is 5.92 Å². The van der Waals surface area contributed by atoms with Crippen LogP contribution in [0.2, 0.25) is 5.15 Å². The van der Waals surface area contributed by atoms with Gasteiger partial charge in [0.25, 0.3) is 0 Å². The summed E-state index contributed by atoms with van der Waals surface area (Å²) >= 11 is 5.93. The molecule has 3 unspecified atom stereocenters. The van der Waals surface area contributed by atoms with Crippen molar-refractivity contribution in [3.05, 3.63) is 23.4 Å². The number of hydrogen-bond acceptors (Lipinski definition) is 3. The van der Waals surface area contributed by atoms with Gasteiger partial charge in [0.1, 0.15) is 5.82 Å². The zero-order chi connectivity index (χ0) is 15.2. The lowest BCUT2D eigenvalue weighted by molar-refractivity contribution is -0.185. The van der Waals surface area contributed by atoms with E-state index in [0.717, 1.165) is 0 Å². The van der Waals surface area contributed by atoms with E-state index >= 15 is 0 Å². The van der Waals surface area contributed by atoms with E-state index in [9.17, 15) is 13.2 Å². The Hall–Kier alpha value is -1.37. The molecule has 0 spiro atoms. The Morgan fingerprint density at radius 2 is 2.05 bits per heavy atom. The van der Waals surface area contributed by atoms with Crippen molar-refractivity contribution in [2.24, 2.45) is 11.8 Å². The van der Waals surface area contributed by atoms with Crippen LogP contribution in [0.1, 0.15) is 37.9 Å². The number of halogens is 4. The van der Waals surface area contributed by atoms with Crippen LogP contribution in [0.3, 0.4) is 0 Å². The summed E-state index contributed by atoms with van der Waals surface area (Å²) in [5.41, 5.74) is 0.385. The van der Waals surface area contributed by atoms with E-state index in [1.165, 1.54) is 6.20 Å². The monoisotopic (exact) mass is 318 g/mol. The lowest BCUT2D eigenvalue weighted by Gasteiger charge is -2.34. The largest absolute Gasteiger partial charge is 0.391 e. The van der Waals surface area contributed by atoms with Gasteiger partial charge in [-0.2, -0.15) is 13.2 Å². The lowest BCUT2D eigenvalue weighted by Crippen LogP contribution is -2.32. The average molecular weight is 319 g/mol. The van der Waals surface area contributed by atoms with E-state index < -0.39 is 12.1 Å². The summed E-state index contributed by atoms with van der Waals surface area (Å²) in [6.45, 7) is 1.96. The molecule has 2 heterocycles. The maximum absolute atomic E-state index is 13.0. The van der Waals surface area contributed by atoms with Crippen LogP contribution in [0.5, 0.6) is 0 Å². The minimum atomic E-state index is -4.15. The van der Waals surface area contributed by atoms with Crippen molar-refractivity contribution in [3.63, 3.8) is 0 Å². The van der Waals surface area contributed by atoms with Crippen LogP contribution in [0.25, 0.3) is 5.65 Å². The summed E-state index contributed by atoms with van der Waals surface area (Å²) in [5, 5.41) is 8.22. The van der Waals surface area contributed by atoms with Gasteiger partial charge in [-0.3, -0.25) is 4.40 Å². The summed E-state index contributed by atoms with van der Waals surface area (Å²) in [4.78, 5) is 3.90. The fourth-order valence-electron chi connectivity index (χ4n) is 3.05. The van der Waals surface area contributed by atoms with E-state index in [1.807, 2.05) is 6.92 Å². The molecule has 114 valence electrons. The third kappa shape index (κ3) is 2.59. The Labute approximate surface area is 124 Å². The fraction of sp³-hybridized carbons (Fsp3) is 0.615. The standard InChI is InChI=1S/C13H14ClF3N4/c1-7-2-3-8(13(15,16)17)6-9(7)11-19-20-12-10(14)18-4-5-21(11)12/h4-5,7-9H,2-3,6H2,1H3. The van der Waals surface area contributed by atoms with E-state index in [2.05, 4.69) is 15.2 Å². The van der Waals surface area contributed by atoms with E-state index in [4.69, 9.17) is 11.6 Å². The van der Waals surface area contributed by atoms with Crippen molar-refractivity contribution in [1.82, 2.24) is 19.6 Å². The molecule has 0 aromatic carbocycles. The zero-order valence-corrected chi connectivity index (χ0v) is 12.1. The molecule has 0 amide bonds. The van der Waals surface area contributed by atoms with Crippen molar-refractivity contribution in [1.29, 1.82) is 0 Å². The molecule has 2 aromatic heterocycles. The predicted octanol–water partition coefficient (Wildman–Crippen LogP) is 3.86. The zero-order valence-electron chi connectivity index (χ0n) is 11.3. The molecule has 0 aliphatic heterocycles. The molecule has 21 heavy (non-hydrogen) atoms. The van der Waals surface area contributed by atoms with Gasteiger partial charge in [-0.1, -0.05) is 18.5 Å². The first-order chi connectivity index (χ1) is 9.88. The molecule has 3 atom stereocenters. The van der Waals surface area contributed by atoms with Gasteiger partial charge in [-0.25, -0.2) is 4.98 Å². The first-order valence-electron chi connectivity index (χ1n) is 6.79. The van der Waals surface area contributed by atoms with Crippen LogP contribution in [0, 0.1) is 11.8 Å². The fourth-order valence-corrected chi connectivity index (χ4v) is 3.23. The van der Waals surface area contributed by atoms with E-state index in [-0.39, 0.29) is 29.8 Å². The maximum Gasteiger partial charge on any atom is 0.391 e. The van der Waals surface area contributed by atoms with Crippen molar-refractivity contribution in [3.8, 4) is 0 Å². The third-order valence-corrected chi connectivity index (χ3v) is 4.57. The van der Waals surface area contributed by atoms with Gasteiger partial charge in [0.2, 0.25) is 0 Å². The van der Waals surface area contributed by atoms with Crippen LogP contribution in [-0.4, -0.2) is 25.8 Å². The van der Waals surface area contributed by atoms with E-state index in [1.54, 1.807) is 10.6 Å². The highest BCUT2D eigenvalue weighted by molar-refractivity contribution is 6.32. The molecule has 1 aliphatic rings. The normalized spacial score (nSPS) is 27.2. The van der Waals surface area contributed by atoms with Crippen LogP contribution < -0.4 is 0 Å². The number of aromatic nitrogens is 4. The first kappa shape index (κ1) is 14.6. The second kappa shape index (κ2) is 5.12. The number of fused-ring (bicyclic) bond motifs is 1. The Morgan fingerprint density at radius 3 is 2.76 bits per heavy atom. The van der Waals surface area contributed by atoms with Crippen LogP contribution >= 0.6 is 11.6 Å². The smallest absolute Gasteiger partial charge is 0.282 e. The molecule has 8 heteroatoms. The molecule has 1 fully saturated rings. The number of hydrogen-bond donors (Lipinski definition) is 0. The molecular formula is C13H14ClF3N4. The van der Waals surface area contributed by atoms with Crippen molar-refractivity contribution < 1.29 is 13.2 Å². The molecule has 2 aromatic rings. The highest BCUT2D eigenvalue weighted by atomic mass is 35.5. The second-order valence-corrected chi connectivity index (χ2v) is 5.96. The van der Waals surface area contributed by atoms with Crippen LogP contribution in [-0.2, 0) is 0 Å². The minimum absolute atomic E-state index is 0.0470. The highest BCUT2D eigenvalue weighted by Gasteiger charge is 2.45. The molecule has 4 nitrogen and oxygen atoms in total. The molecular weight excluding hydrogens is 305 g/mol. The molecule has 1 aliphatic carbocycles. The second-order valence-electron chi connectivity index (χ2n) is 5.61. The predicted molar refractivity (Wildman–Crippen MR) is 71.1 cm³/mol.